The second-order valence-electron chi connectivity index (χ2n) is 14.6. The Morgan fingerprint density at radius 2 is 0.791 bits per heavy atom. The summed E-state index contributed by atoms with van der Waals surface area (Å²) >= 11 is 0. The molecule has 11 N–H and O–H groups in total. The fraction of sp³-hybridized carbons (Fsp3) is 0.478. The normalized spacial score (nSPS) is 10.8. The number of aromatic nitrogens is 2. The van der Waals surface area contributed by atoms with Gasteiger partial charge in [0, 0.05) is 42.9 Å². The number of para-hydroxylation sites is 2. The SMILES string of the molecule is CCN(CC)CCCNc1cccc2cccnc12.CCN(CC)CCCNc1cccc2cccnc12.CCO.O=C(O)CC(O)(CC(=O)O)C(=O)O.O=C(O)CC(O)(CC(=O)O)C(=O)O. The molecule has 4 aromatic rings. The summed E-state index contributed by atoms with van der Waals surface area (Å²) < 4.78 is 0. The Balaban J connectivity index is 0.000000864. The van der Waals surface area contributed by atoms with Crippen LogP contribution in [-0.2, 0) is 28.8 Å². The lowest BCUT2D eigenvalue weighted by atomic mass is 9.96. The number of carbonyl (C=O) groups is 6. The molecule has 0 saturated heterocycles. The lowest BCUT2D eigenvalue weighted by molar-refractivity contribution is -0.170. The highest BCUT2D eigenvalue weighted by atomic mass is 16.4. The number of carboxylic acid groups (broad SMARTS) is 6. The number of aliphatic carboxylic acids is 6. The number of nitrogens with one attached hydrogen (secondary N) is 2. The number of aliphatic hydroxyl groups is 3. The molecule has 2 aromatic heterocycles. The van der Waals surface area contributed by atoms with Crippen LogP contribution in [0.4, 0.5) is 11.4 Å². The fourth-order valence-corrected chi connectivity index (χ4v) is 6.05. The Hall–Kier alpha value is -6.52. The molecule has 67 heavy (non-hydrogen) atoms. The van der Waals surface area contributed by atoms with Crippen LogP contribution in [0.2, 0.25) is 0 Å². The van der Waals surface area contributed by atoms with E-state index in [2.05, 4.69) is 107 Å². The van der Waals surface area contributed by atoms with Crippen LogP contribution in [0.15, 0.2) is 73.1 Å². The second-order valence-corrected chi connectivity index (χ2v) is 14.6. The quantitative estimate of drug-likeness (QED) is 0.0437. The predicted octanol–water partition coefficient (Wildman–Crippen LogP) is 4.26. The summed E-state index contributed by atoms with van der Waals surface area (Å²) in [6.45, 7) is 19.6. The molecular weight excluding hydrogens is 877 g/mol. The van der Waals surface area contributed by atoms with Gasteiger partial charge in [0.2, 0.25) is 0 Å². The van der Waals surface area contributed by atoms with Crippen molar-refractivity contribution in [2.24, 2.45) is 0 Å². The lowest BCUT2D eigenvalue weighted by Gasteiger charge is -2.18. The van der Waals surface area contributed by atoms with Crippen molar-refractivity contribution in [3.63, 3.8) is 0 Å². The molecule has 0 aliphatic heterocycles. The van der Waals surface area contributed by atoms with Crippen molar-refractivity contribution >= 4 is 69.0 Å². The van der Waals surface area contributed by atoms with Gasteiger partial charge in [-0.15, -0.1) is 0 Å². The van der Waals surface area contributed by atoms with E-state index in [1.54, 1.807) is 6.92 Å². The summed E-state index contributed by atoms with van der Waals surface area (Å²) in [6, 6.07) is 20.7. The minimum absolute atomic E-state index is 0.250. The van der Waals surface area contributed by atoms with E-state index in [-0.39, 0.29) is 6.61 Å². The monoisotopic (exact) mass is 944 g/mol. The Kier molecular flexibility index (Phi) is 29.8. The molecule has 0 bridgehead atoms. The summed E-state index contributed by atoms with van der Waals surface area (Å²) in [5.41, 5.74) is -1.08. The van der Waals surface area contributed by atoms with Crippen molar-refractivity contribution in [3.8, 4) is 0 Å². The number of pyridine rings is 2. The zero-order chi connectivity index (χ0) is 51.0. The number of anilines is 2. The van der Waals surface area contributed by atoms with Crippen LogP contribution < -0.4 is 10.6 Å². The number of hydrogen-bond acceptors (Lipinski definition) is 15. The number of fused-ring (bicyclic) bond motifs is 2. The third-order valence-corrected chi connectivity index (χ3v) is 9.56. The van der Waals surface area contributed by atoms with E-state index in [4.69, 9.17) is 46.0 Å². The van der Waals surface area contributed by atoms with Gasteiger partial charge in [0.05, 0.1) is 48.1 Å². The van der Waals surface area contributed by atoms with E-state index in [9.17, 15) is 28.8 Å². The van der Waals surface area contributed by atoms with Gasteiger partial charge in [0.15, 0.2) is 11.2 Å². The first kappa shape index (κ1) is 60.5. The second kappa shape index (κ2) is 33.0. The molecule has 0 unspecified atom stereocenters. The molecule has 0 spiro atoms. The summed E-state index contributed by atoms with van der Waals surface area (Å²) in [7, 11) is 0. The molecular formula is C46H68N6O15. The maximum absolute atomic E-state index is 10.3. The van der Waals surface area contributed by atoms with Gasteiger partial charge < -0.3 is 66.4 Å². The maximum atomic E-state index is 10.3. The van der Waals surface area contributed by atoms with Crippen molar-refractivity contribution in [1.82, 2.24) is 19.8 Å². The molecule has 0 radical (unpaired) electrons. The van der Waals surface area contributed by atoms with Gasteiger partial charge in [0.25, 0.3) is 0 Å². The van der Waals surface area contributed by atoms with Crippen LogP contribution in [0, 0.1) is 0 Å². The van der Waals surface area contributed by atoms with Crippen LogP contribution in [0.3, 0.4) is 0 Å². The lowest BCUT2D eigenvalue weighted by Crippen LogP contribution is -2.42. The maximum Gasteiger partial charge on any atom is 0.336 e. The number of hydrogen-bond donors (Lipinski definition) is 11. The zero-order valence-electron chi connectivity index (χ0n) is 38.8. The average molecular weight is 945 g/mol. The van der Waals surface area contributed by atoms with Gasteiger partial charge in [0.1, 0.15) is 0 Å². The summed E-state index contributed by atoms with van der Waals surface area (Å²) in [6.07, 6.45) is 1.44. The van der Waals surface area contributed by atoms with E-state index in [0.717, 1.165) is 87.6 Å². The summed E-state index contributed by atoms with van der Waals surface area (Å²) in [4.78, 5) is 74.8. The van der Waals surface area contributed by atoms with Gasteiger partial charge in [-0.2, -0.15) is 0 Å². The predicted molar refractivity (Wildman–Crippen MR) is 252 cm³/mol. The number of rotatable bonds is 24. The molecule has 21 heteroatoms. The Morgan fingerprint density at radius 3 is 1.04 bits per heavy atom. The molecule has 4 rings (SSSR count). The smallest absolute Gasteiger partial charge is 0.336 e. The van der Waals surface area contributed by atoms with Gasteiger partial charge in [-0.1, -0.05) is 64.1 Å². The van der Waals surface area contributed by atoms with Gasteiger partial charge in [-0.25, -0.2) is 9.59 Å². The number of nitrogens with zero attached hydrogens (tertiary/aromatic N) is 4. The van der Waals surface area contributed by atoms with Gasteiger partial charge >= 0.3 is 35.8 Å². The standard InChI is InChI=1S/2C16H23N3.2C6H8O7.C2H6O/c2*1-3-19(4-2)13-7-12-17-15-10-5-8-14-9-6-11-18-16(14)15;2*7-3(8)1-6(13,5(11)12)2-4(9)10;1-2-3/h2*5-6,8-11,17H,3-4,7,12-13H2,1-2H3;2*13H,1-2H2,(H,7,8)(H,9,10)(H,11,12);3H,2H2,1H3. The summed E-state index contributed by atoms with van der Waals surface area (Å²) in [5.74, 6) is -10.0. The van der Waals surface area contributed by atoms with Crippen LogP contribution >= 0.6 is 0 Å². The third-order valence-electron chi connectivity index (χ3n) is 9.56. The van der Waals surface area contributed by atoms with Crippen molar-refractivity contribution in [2.45, 2.75) is 84.3 Å². The van der Waals surface area contributed by atoms with Crippen LogP contribution in [-0.4, -0.2) is 172 Å². The zero-order valence-corrected chi connectivity index (χ0v) is 38.8. The molecule has 372 valence electrons. The highest BCUT2D eigenvalue weighted by molar-refractivity contribution is 5.91. The van der Waals surface area contributed by atoms with E-state index in [0.29, 0.717) is 0 Å². The molecule has 0 saturated carbocycles. The highest BCUT2D eigenvalue weighted by Gasteiger charge is 2.41. The van der Waals surface area contributed by atoms with E-state index >= 15 is 0 Å². The van der Waals surface area contributed by atoms with E-state index in [1.807, 2.05) is 24.5 Å². The number of benzene rings is 2. The van der Waals surface area contributed by atoms with Crippen molar-refractivity contribution < 1.29 is 74.7 Å². The average Bonchev–Trinajstić information content (AvgIpc) is 3.26. The van der Waals surface area contributed by atoms with Crippen LogP contribution in [0.1, 0.15) is 73.1 Å². The largest absolute Gasteiger partial charge is 0.481 e. The molecule has 0 aliphatic rings. The van der Waals surface area contributed by atoms with Crippen LogP contribution in [0.5, 0.6) is 0 Å². The first-order chi connectivity index (χ1) is 31.7. The van der Waals surface area contributed by atoms with Crippen LogP contribution in [0.25, 0.3) is 21.8 Å². The molecule has 0 fully saturated rings. The Labute approximate surface area is 389 Å². The molecule has 2 aromatic carbocycles. The Morgan fingerprint density at radius 1 is 0.507 bits per heavy atom. The summed E-state index contributed by atoms with van der Waals surface area (Å²) in [5, 5.41) is 84.6. The number of aliphatic hydroxyl groups excluding tert-OH is 1. The molecule has 2 heterocycles. The highest BCUT2D eigenvalue weighted by Crippen LogP contribution is 2.22. The fourth-order valence-electron chi connectivity index (χ4n) is 6.05. The third kappa shape index (κ3) is 24.5. The van der Waals surface area contributed by atoms with Crippen molar-refractivity contribution in [3.05, 3.63) is 73.1 Å². The minimum Gasteiger partial charge on any atom is -0.481 e. The Bertz CT molecular complexity index is 1930. The van der Waals surface area contributed by atoms with Crippen molar-refractivity contribution in [1.29, 1.82) is 0 Å². The molecule has 0 atom stereocenters. The van der Waals surface area contributed by atoms with Gasteiger partial charge in [-0.3, -0.25) is 29.1 Å². The van der Waals surface area contributed by atoms with E-state index in [1.165, 1.54) is 10.8 Å². The first-order valence-corrected chi connectivity index (χ1v) is 21.7. The van der Waals surface area contributed by atoms with Crippen molar-refractivity contribution in [2.75, 3.05) is 69.6 Å². The molecule has 0 aliphatic carbocycles. The first-order valence-electron chi connectivity index (χ1n) is 21.7. The topological polar surface area (TPSA) is 341 Å². The molecule has 0 amide bonds. The van der Waals surface area contributed by atoms with E-state index < -0.39 is 72.7 Å². The number of carboxylic acids is 6. The van der Waals surface area contributed by atoms with Gasteiger partial charge in [-0.05, 0) is 83.3 Å². The minimum atomic E-state index is -2.74. The molecule has 21 nitrogen and oxygen atoms in total.